The maximum atomic E-state index is 10.8. The molecule has 1 amide bonds. The van der Waals surface area contributed by atoms with Crippen LogP contribution in [0.15, 0.2) is 48.5 Å². The summed E-state index contributed by atoms with van der Waals surface area (Å²) >= 11 is 6.28. The van der Waals surface area contributed by atoms with Gasteiger partial charge < -0.3 is 9.88 Å². The number of carbonyl (C=O) groups is 1. The lowest BCUT2D eigenvalue weighted by Gasteiger charge is -2.14. The lowest BCUT2D eigenvalue weighted by molar-refractivity contribution is -0.110. The molecule has 3 rings (SSSR count). The minimum Gasteiger partial charge on any atom is -0.349 e. The largest absolute Gasteiger partial charge is 0.349 e. The second-order valence-electron chi connectivity index (χ2n) is 5.14. The standard InChI is InChI=1S/C17H16ClN3O/c1-12(19-11-22)17-20-15-8-4-5-9-16(15)21(17)10-13-6-2-3-7-14(13)18/h2-9,11-12H,10H2,1H3,(H,19,22)/t12-/m0/s1. The number of hydrogen-bond donors (Lipinski definition) is 1. The van der Waals surface area contributed by atoms with E-state index in [2.05, 4.69) is 14.9 Å². The maximum Gasteiger partial charge on any atom is 0.207 e. The first-order valence-electron chi connectivity index (χ1n) is 7.09. The second kappa shape index (κ2) is 6.20. The zero-order valence-electron chi connectivity index (χ0n) is 12.2. The molecule has 1 aromatic heterocycles. The first-order chi connectivity index (χ1) is 10.7. The Bertz CT molecular complexity index is 813. The number of benzene rings is 2. The molecule has 0 radical (unpaired) electrons. The highest BCUT2D eigenvalue weighted by atomic mass is 35.5. The van der Waals surface area contributed by atoms with Crippen molar-refractivity contribution in [3.8, 4) is 0 Å². The number of rotatable bonds is 5. The molecular weight excluding hydrogens is 298 g/mol. The van der Waals surface area contributed by atoms with Crippen LogP contribution in [-0.4, -0.2) is 16.0 Å². The molecule has 0 aliphatic carbocycles. The van der Waals surface area contributed by atoms with E-state index in [0.717, 1.165) is 27.4 Å². The van der Waals surface area contributed by atoms with E-state index in [1.165, 1.54) is 0 Å². The van der Waals surface area contributed by atoms with Gasteiger partial charge in [0.2, 0.25) is 6.41 Å². The number of amides is 1. The van der Waals surface area contributed by atoms with Gasteiger partial charge in [-0.1, -0.05) is 41.9 Å². The van der Waals surface area contributed by atoms with E-state index in [1.54, 1.807) is 0 Å². The summed E-state index contributed by atoms with van der Waals surface area (Å²) in [7, 11) is 0. The van der Waals surface area contributed by atoms with E-state index in [0.29, 0.717) is 13.0 Å². The highest BCUT2D eigenvalue weighted by molar-refractivity contribution is 6.31. The van der Waals surface area contributed by atoms with Crippen molar-refractivity contribution in [3.63, 3.8) is 0 Å². The maximum absolute atomic E-state index is 10.8. The third-order valence-electron chi connectivity index (χ3n) is 3.68. The average molecular weight is 314 g/mol. The Balaban J connectivity index is 2.11. The molecule has 1 atom stereocenters. The molecule has 4 nitrogen and oxygen atoms in total. The SMILES string of the molecule is C[C@H](NC=O)c1nc2ccccc2n1Cc1ccccc1Cl. The summed E-state index contributed by atoms with van der Waals surface area (Å²) in [6.07, 6.45) is 0.698. The van der Waals surface area contributed by atoms with Crippen molar-refractivity contribution in [2.45, 2.75) is 19.5 Å². The third-order valence-corrected chi connectivity index (χ3v) is 4.04. The van der Waals surface area contributed by atoms with Gasteiger partial charge in [0.15, 0.2) is 0 Å². The van der Waals surface area contributed by atoms with Gasteiger partial charge in [0.05, 0.1) is 23.6 Å². The fourth-order valence-electron chi connectivity index (χ4n) is 2.56. The average Bonchev–Trinajstić information content (AvgIpc) is 2.89. The Labute approximate surface area is 133 Å². The van der Waals surface area contributed by atoms with Gasteiger partial charge in [-0.15, -0.1) is 0 Å². The summed E-state index contributed by atoms with van der Waals surface area (Å²) in [5, 5.41) is 3.49. The summed E-state index contributed by atoms with van der Waals surface area (Å²) in [6, 6.07) is 15.5. The van der Waals surface area contributed by atoms with Crippen molar-refractivity contribution in [1.29, 1.82) is 0 Å². The van der Waals surface area contributed by atoms with Crippen LogP contribution in [0.4, 0.5) is 0 Å². The van der Waals surface area contributed by atoms with Crippen molar-refractivity contribution in [2.75, 3.05) is 0 Å². The van der Waals surface area contributed by atoms with Crippen molar-refractivity contribution >= 4 is 29.0 Å². The van der Waals surface area contributed by atoms with Crippen molar-refractivity contribution in [1.82, 2.24) is 14.9 Å². The van der Waals surface area contributed by atoms with Crippen LogP contribution >= 0.6 is 11.6 Å². The van der Waals surface area contributed by atoms with Crippen LogP contribution in [-0.2, 0) is 11.3 Å². The molecule has 0 aliphatic rings. The summed E-state index contributed by atoms with van der Waals surface area (Å²) in [6.45, 7) is 2.53. The summed E-state index contributed by atoms with van der Waals surface area (Å²) < 4.78 is 2.09. The number of carbonyl (C=O) groups excluding carboxylic acids is 1. The molecule has 0 fully saturated rings. The van der Waals surface area contributed by atoms with Crippen LogP contribution in [0.2, 0.25) is 5.02 Å². The van der Waals surface area contributed by atoms with Gasteiger partial charge in [-0.25, -0.2) is 4.98 Å². The van der Waals surface area contributed by atoms with Crippen molar-refractivity contribution < 1.29 is 4.79 Å². The molecule has 0 aliphatic heterocycles. The smallest absolute Gasteiger partial charge is 0.207 e. The predicted octanol–water partition coefficient (Wildman–Crippen LogP) is 3.55. The van der Waals surface area contributed by atoms with Crippen LogP contribution in [0.5, 0.6) is 0 Å². The van der Waals surface area contributed by atoms with E-state index in [-0.39, 0.29) is 6.04 Å². The lowest BCUT2D eigenvalue weighted by Crippen LogP contribution is -2.20. The molecule has 2 aromatic carbocycles. The number of nitrogens with zero attached hydrogens (tertiary/aromatic N) is 2. The predicted molar refractivity (Wildman–Crippen MR) is 87.9 cm³/mol. The third kappa shape index (κ3) is 2.70. The molecule has 0 saturated carbocycles. The Morgan fingerprint density at radius 2 is 1.95 bits per heavy atom. The lowest BCUT2D eigenvalue weighted by atomic mass is 10.2. The fourth-order valence-corrected chi connectivity index (χ4v) is 2.76. The van der Waals surface area contributed by atoms with Gasteiger partial charge in [0.1, 0.15) is 5.82 Å². The molecule has 1 N–H and O–H groups in total. The topological polar surface area (TPSA) is 46.9 Å². The number of hydrogen-bond acceptors (Lipinski definition) is 2. The molecular formula is C17H16ClN3O. The summed E-state index contributed by atoms with van der Waals surface area (Å²) in [5.41, 5.74) is 2.95. The molecule has 1 heterocycles. The zero-order chi connectivity index (χ0) is 15.5. The number of nitrogens with one attached hydrogen (secondary N) is 1. The molecule has 0 bridgehead atoms. The van der Waals surface area contributed by atoms with Crippen LogP contribution in [0, 0.1) is 0 Å². The highest BCUT2D eigenvalue weighted by Crippen LogP contribution is 2.24. The molecule has 0 unspecified atom stereocenters. The van der Waals surface area contributed by atoms with Gasteiger partial charge in [-0.2, -0.15) is 0 Å². The second-order valence-corrected chi connectivity index (χ2v) is 5.55. The van der Waals surface area contributed by atoms with Gasteiger partial charge in [0, 0.05) is 5.02 Å². The quantitative estimate of drug-likeness (QED) is 0.732. The Hall–Kier alpha value is -2.33. The molecule has 112 valence electrons. The van der Waals surface area contributed by atoms with Gasteiger partial charge in [-0.3, -0.25) is 4.79 Å². The molecule has 3 aromatic rings. The molecule has 22 heavy (non-hydrogen) atoms. The normalized spacial score (nSPS) is 12.3. The number of halogens is 1. The number of aromatic nitrogens is 2. The Morgan fingerprint density at radius 1 is 1.23 bits per heavy atom. The number of para-hydroxylation sites is 2. The first-order valence-corrected chi connectivity index (χ1v) is 7.46. The number of imidazole rings is 1. The minimum absolute atomic E-state index is 0.174. The Morgan fingerprint density at radius 3 is 2.73 bits per heavy atom. The van der Waals surface area contributed by atoms with Crippen LogP contribution in [0.1, 0.15) is 24.4 Å². The summed E-state index contributed by atoms with van der Waals surface area (Å²) in [5.74, 6) is 0.813. The van der Waals surface area contributed by atoms with Crippen LogP contribution in [0.25, 0.3) is 11.0 Å². The first kappa shape index (κ1) is 14.6. The van der Waals surface area contributed by atoms with Crippen molar-refractivity contribution in [2.24, 2.45) is 0 Å². The van der Waals surface area contributed by atoms with E-state index in [4.69, 9.17) is 11.6 Å². The van der Waals surface area contributed by atoms with Crippen molar-refractivity contribution in [3.05, 3.63) is 64.9 Å². The minimum atomic E-state index is -0.174. The van der Waals surface area contributed by atoms with Gasteiger partial charge >= 0.3 is 0 Å². The summed E-state index contributed by atoms with van der Waals surface area (Å²) in [4.78, 5) is 15.4. The highest BCUT2D eigenvalue weighted by Gasteiger charge is 2.16. The monoisotopic (exact) mass is 313 g/mol. The van der Waals surface area contributed by atoms with E-state index >= 15 is 0 Å². The molecule has 0 spiro atoms. The van der Waals surface area contributed by atoms with Gasteiger partial charge in [0.25, 0.3) is 0 Å². The van der Waals surface area contributed by atoms with E-state index in [1.807, 2.05) is 55.5 Å². The van der Waals surface area contributed by atoms with E-state index < -0.39 is 0 Å². The molecule has 0 saturated heterocycles. The fraction of sp³-hybridized carbons (Fsp3) is 0.176. The Kier molecular flexibility index (Phi) is 4.11. The molecule has 5 heteroatoms. The van der Waals surface area contributed by atoms with Crippen LogP contribution in [0.3, 0.4) is 0 Å². The van der Waals surface area contributed by atoms with Crippen LogP contribution < -0.4 is 5.32 Å². The van der Waals surface area contributed by atoms with Gasteiger partial charge in [-0.05, 0) is 30.7 Å². The number of fused-ring (bicyclic) bond motifs is 1. The zero-order valence-corrected chi connectivity index (χ0v) is 12.9. The van der Waals surface area contributed by atoms with E-state index in [9.17, 15) is 4.79 Å².